The molecule has 20 heavy (non-hydrogen) atoms. The summed E-state index contributed by atoms with van der Waals surface area (Å²) in [6, 6.07) is 0. The number of nitrogens with one attached hydrogen (secondary N) is 1. The van der Waals surface area contributed by atoms with Crippen LogP contribution >= 0.6 is 0 Å². The van der Waals surface area contributed by atoms with Crippen LogP contribution in [0.25, 0.3) is 0 Å². The summed E-state index contributed by atoms with van der Waals surface area (Å²) < 4.78 is 6.15. The Hall–Kier alpha value is -0.610. The molecule has 0 unspecified atom stereocenters. The lowest BCUT2D eigenvalue weighted by atomic mass is 9.90. The third kappa shape index (κ3) is 3.17. The zero-order valence-electron chi connectivity index (χ0n) is 12.5. The Balaban J connectivity index is 1.63. The highest BCUT2D eigenvalue weighted by atomic mass is 16.5. The minimum Gasteiger partial charge on any atom is -0.371 e. The number of carbonyl (C=O) groups excluding carboxylic acids is 1. The van der Waals surface area contributed by atoms with Crippen LogP contribution in [-0.4, -0.2) is 49.2 Å². The van der Waals surface area contributed by atoms with E-state index in [0.717, 1.165) is 58.5 Å². The van der Waals surface area contributed by atoms with Gasteiger partial charge in [-0.2, -0.15) is 0 Å². The number of nitrogens with zero attached hydrogens (tertiary/aromatic N) is 1. The Morgan fingerprint density at radius 1 is 1.10 bits per heavy atom. The van der Waals surface area contributed by atoms with E-state index in [-0.39, 0.29) is 11.5 Å². The molecule has 0 atom stereocenters. The first-order chi connectivity index (χ1) is 9.79. The van der Waals surface area contributed by atoms with Crippen molar-refractivity contribution in [1.29, 1.82) is 0 Å². The molecule has 0 radical (unpaired) electrons. The second kappa shape index (κ2) is 6.44. The van der Waals surface area contributed by atoms with Gasteiger partial charge in [0, 0.05) is 19.0 Å². The lowest BCUT2D eigenvalue weighted by Gasteiger charge is -2.44. The second-order valence-corrected chi connectivity index (χ2v) is 6.73. The van der Waals surface area contributed by atoms with Crippen molar-refractivity contribution in [2.45, 2.75) is 57.0 Å². The molecule has 0 aromatic heterocycles. The summed E-state index contributed by atoms with van der Waals surface area (Å²) in [5.74, 6) is 0.635. The molecule has 2 heterocycles. The molecule has 1 spiro atoms. The normalized spacial score (nSPS) is 28.3. The number of amides is 1. The molecule has 114 valence electrons. The van der Waals surface area contributed by atoms with Crippen molar-refractivity contribution in [3.8, 4) is 0 Å². The maximum Gasteiger partial charge on any atom is 0.225 e. The third-order valence-corrected chi connectivity index (χ3v) is 5.26. The Bertz CT molecular complexity index is 331. The van der Waals surface area contributed by atoms with Gasteiger partial charge >= 0.3 is 0 Å². The molecule has 0 aromatic carbocycles. The van der Waals surface area contributed by atoms with Crippen molar-refractivity contribution in [3.63, 3.8) is 0 Å². The first kappa shape index (κ1) is 14.3. The number of morpholine rings is 1. The largest absolute Gasteiger partial charge is 0.371 e. The van der Waals surface area contributed by atoms with Gasteiger partial charge in [0.1, 0.15) is 0 Å². The smallest absolute Gasteiger partial charge is 0.225 e. The number of piperidine rings is 1. The van der Waals surface area contributed by atoms with E-state index in [1.807, 2.05) is 0 Å². The maximum atomic E-state index is 12.7. The van der Waals surface area contributed by atoms with Crippen molar-refractivity contribution in [1.82, 2.24) is 10.2 Å². The molecule has 1 saturated carbocycles. The molecule has 2 saturated heterocycles. The van der Waals surface area contributed by atoms with Crippen molar-refractivity contribution in [2.24, 2.45) is 5.92 Å². The number of rotatable bonds is 1. The first-order valence-electron chi connectivity index (χ1n) is 8.43. The standard InChI is InChI=1S/C16H28N2O2/c19-15(14-5-9-17-10-6-14)18-11-12-20-16(13-18)7-3-1-2-4-8-16/h14,17H,1-13H2. The molecule has 1 amide bonds. The molecule has 4 heteroatoms. The lowest BCUT2D eigenvalue weighted by molar-refractivity contribution is -0.157. The monoisotopic (exact) mass is 280 g/mol. The highest BCUT2D eigenvalue weighted by molar-refractivity contribution is 5.79. The van der Waals surface area contributed by atoms with Crippen LogP contribution in [0.4, 0.5) is 0 Å². The van der Waals surface area contributed by atoms with Gasteiger partial charge in [0.2, 0.25) is 5.91 Å². The molecule has 1 aliphatic carbocycles. The van der Waals surface area contributed by atoms with E-state index in [1.54, 1.807) is 0 Å². The van der Waals surface area contributed by atoms with Gasteiger partial charge in [0.15, 0.2) is 0 Å². The molecule has 1 N–H and O–H groups in total. The van der Waals surface area contributed by atoms with Crippen LogP contribution < -0.4 is 5.32 Å². The summed E-state index contributed by atoms with van der Waals surface area (Å²) in [5, 5.41) is 3.34. The average Bonchev–Trinajstić information content (AvgIpc) is 2.73. The molecule has 2 aliphatic heterocycles. The van der Waals surface area contributed by atoms with Gasteiger partial charge in [-0.1, -0.05) is 25.7 Å². The number of ether oxygens (including phenoxy) is 1. The summed E-state index contributed by atoms with van der Waals surface area (Å²) in [6.07, 6.45) is 9.46. The van der Waals surface area contributed by atoms with E-state index < -0.39 is 0 Å². The highest BCUT2D eigenvalue weighted by Gasteiger charge is 2.39. The molecule has 3 fully saturated rings. The first-order valence-corrected chi connectivity index (χ1v) is 8.43. The van der Waals surface area contributed by atoms with Gasteiger partial charge in [-0.3, -0.25) is 4.79 Å². The summed E-state index contributed by atoms with van der Waals surface area (Å²) in [6.45, 7) is 4.36. The maximum absolute atomic E-state index is 12.7. The van der Waals surface area contributed by atoms with E-state index in [4.69, 9.17) is 4.74 Å². The van der Waals surface area contributed by atoms with Gasteiger partial charge in [-0.25, -0.2) is 0 Å². The molecular weight excluding hydrogens is 252 g/mol. The molecular formula is C16H28N2O2. The Morgan fingerprint density at radius 2 is 1.80 bits per heavy atom. The van der Waals surface area contributed by atoms with Gasteiger partial charge in [0.05, 0.1) is 12.2 Å². The summed E-state index contributed by atoms with van der Waals surface area (Å²) in [4.78, 5) is 14.8. The van der Waals surface area contributed by atoms with Crippen LogP contribution in [0.3, 0.4) is 0 Å². The van der Waals surface area contributed by atoms with Crippen molar-refractivity contribution >= 4 is 5.91 Å². The van der Waals surface area contributed by atoms with Crippen LogP contribution in [0.2, 0.25) is 0 Å². The van der Waals surface area contributed by atoms with Crippen molar-refractivity contribution < 1.29 is 9.53 Å². The average molecular weight is 280 g/mol. The third-order valence-electron chi connectivity index (χ3n) is 5.26. The van der Waals surface area contributed by atoms with E-state index in [1.165, 1.54) is 25.7 Å². The quantitative estimate of drug-likeness (QED) is 0.798. The summed E-state index contributed by atoms with van der Waals surface area (Å²) >= 11 is 0. The van der Waals surface area contributed by atoms with Crippen molar-refractivity contribution in [2.75, 3.05) is 32.8 Å². The van der Waals surface area contributed by atoms with E-state index in [2.05, 4.69) is 10.2 Å². The molecule has 0 bridgehead atoms. The van der Waals surface area contributed by atoms with E-state index in [0.29, 0.717) is 5.91 Å². The SMILES string of the molecule is O=C(C1CCNCC1)N1CCOC2(CCCCCC2)C1. The Labute approximate surface area is 122 Å². The second-order valence-electron chi connectivity index (χ2n) is 6.73. The Morgan fingerprint density at radius 3 is 2.50 bits per heavy atom. The fraction of sp³-hybridized carbons (Fsp3) is 0.938. The molecule has 4 nitrogen and oxygen atoms in total. The van der Waals surface area contributed by atoms with Crippen molar-refractivity contribution in [3.05, 3.63) is 0 Å². The number of hydrogen-bond donors (Lipinski definition) is 1. The minimum atomic E-state index is -0.0165. The van der Waals surface area contributed by atoms with E-state index >= 15 is 0 Å². The van der Waals surface area contributed by atoms with Crippen LogP contribution in [0.15, 0.2) is 0 Å². The van der Waals surface area contributed by atoms with Gasteiger partial charge < -0.3 is 15.0 Å². The zero-order valence-corrected chi connectivity index (χ0v) is 12.5. The van der Waals surface area contributed by atoms with Crippen LogP contribution in [0.1, 0.15) is 51.4 Å². The predicted molar refractivity (Wildman–Crippen MR) is 78.6 cm³/mol. The number of carbonyl (C=O) groups is 1. The fourth-order valence-corrected chi connectivity index (χ4v) is 4.04. The van der Waals surface area contributed by atoms with Gasteiger partial charge in [-0.05, 0) is 38.8 Å². The topological polar surface area (TPSA) is 41.6 Å². The summed E-state index contributed by atoms with van der Waals surface area (Å²) in [5.41, 5.74) is -0.0165. The molecule has 3 aliphatic rings. The summed E-state index contributed by atoms with van der Waals surface area (Å²) in [7, 11) is 0. The highest BCUT2D eigenvalue weighted by Crippen LogP contribution is 2.34. The number of hydrogen-bond acceptors (Lipinski definition) is 3. The molecule has 0 aromatic rings. The predicted octanol–water partition coefficient (Wildman–Crippen LogP) is 1.94. The van der Waals surface area contributed by atoms with E-state index in [9.17, 15) is 4.79 Å². The fourth-order valence-electron chi connectivity index (χ4n) is 4.04. The lowest BCUT2D eigenvalue weighted by Crippen LogP contribution is -2.55. The van der Waals surface area contributed by atoms with Gasteiger partial charge in [-0.15, -0.1) is 0 Å². The van der Waals surface area contributed by atoms with Crippen LogP contribution in [0, 0.1) is 5.92 Å². The van der Waals surface area contributed by atoms with Crippen LogP contribution in [0.5, 0.6) is 0 Å². The van der Waals surface area contributed by atoms with Gasteiger partial charge in [0.25, 0.3) is 0 Å². The Kier molecular flexibility index (Phi) is 4.61. The van der Waals surface area contributed by atoms with Crippen LogP contribution in [-0.2, 0) is 9.53 Å². The zero-order chi connectivity index (χ0) is 13.8. The minimum absolute atomic E-state index is 0.0165. The molecule has 3 rings (SSSR count).